The average Bonchev–Trinajstić information content (AvgIpc) is 3.84. The molecule has 1 aromatic rings. The van der Waals surface area contributed by atoms with Gasteiger partial charge in [0.15, 0.2) is 5.78 Å². The Kier molecular flexibility index (Phi) is 10.7. The first-order chi connectivity index (χ1) is 27.5. The highest BCUT2D eigenvalue weighted by atomic mass is 35.5. The molecule has 10 heteroatoms. The lowest BCUT2D eigenvalue weighted by molar-refractivity contribution is -0.242. The number of nitrogens with two attached hydrogens (primary N) is 1. The van der Waals surface area contributed by atoms with E-state index in [2.05, 4.69) is 53.8 Å². The number of amides is 1. The predicted octanol–water partition coefficient (Wildman–Crippen LogP) is 9.75. The second kappa shape index (κ2) is 14.2. The molecule has 6 aliphatic carbocycles. The van der Waals surface area contributed by atoms with Crippen LogP contribution in [-0.4, -0.2) is 46.7 Å². The van der Waals surface area contributed by atoms with Gasteiger partial charge in [-0.25, -0.2) is 0 Å². The Morgan fingerprint density at radius 1 is 0.833 bits per heavy atom. The van der Waals surface area contributed by atoms with Gasteiger partial charge in [-0.3, -0.25) is 24.0 Å². The van der Waals surface area contributed by atoms with Crippen LogP contribution in [0.2, 0.25) is 5.02 Å². The van der Waals surface area contributed by atoms with Crippen molar-refractivity contribution < 1.29 is 33.4 Å². The van der Waals surface area contributed by atoms with Crippen molar-refractivity contribution in [3.63, 3.8) is 0 Å². The maximum absolute atomic E-state index is 14.9. The number of rotatable bonds is 9. The van der Waals surface area contributed by atoms with Crippen LogP contribution in [-0.2, 0) is 39.0 Å². The SMILES string of the molecule is CC(C)C1=C2[C@H]3CC[C@@H]4[C@@]5(C)CC[C@H](OC(=O)CC(C)(C)C(=O)OC(C)(C)C)C(C)(C)[C@]5(N)CC[C@@]4(C)[C@]3(C)CC[C@@]2(C(=O)C(=O)NC2(c3ccc(Cl)cc3)CC2)CC1=O. The second-order valence-corrected chi connectivity index (χ2v) is 23.7. The van der Waals surface area contributed by atoms with Crippen LogP contribution >= 0.6 is 11.6 Å². The van der Waals surface area contributed by atoms with Crippen LogP contribution in [0.3, 0.4) is 0 Å². The summed E-state index contributed by atoms with van der Waals surface area (Å²) >= 11 is 6.18. The highest BCUT2D eigenvalue weighted by Crippen LogP contribution is 2.77. The van der Waals surface area contributed by atoms with Gasteiger partial charge in [-0.1, -0.05) is 72.2 Å². The van der Waals surface area contributed by atoms with Gasteiger partial charge < -0.3 is 20.5 Å². The minimum Gasteiger partial charge on any atom is -0.462 e. The van der Waals surface area contributed by atoms with E-state index < -0.39 is 62.7 Å². The van der Waals surface area contributed by atoms with E-state index in [1.165, 1.54) is 0 Å². The van der Waals surface area contributed by atoms with Crippen molar-refractivity contribution in [1.29, 1.82) is 0 Å². The Morgan fingerprint density at radius 3 is 2.03 bits per heavy atom. The first-order valence-corrected chi connectivity index (χ1v) is 23.0. The van der Waals surface area contributed by atoms with E-state index in [0.717, 1.165) is 68.1 Å². The Labute approximate surface area is 363 Å². The number of benzene rings is 1. The minimum absolute atomic E-state index is 0.0113. The van der Waals surface area contributed by atoms with E-state index in [1.807, 2.05) is 45.0 Å². The third-order valence-corrected chi connectivity index (χ3v) is 18.1. The lowest BCUT2D eigenvalue weighted by atomic mass is 9.31. The van der Waals surface area contributed by atoms with Gasteiger partial charge in [0.2, 0.25) is 5.78 Å². The van der Waals surface area contributed by atoms with Crippen molar-refractivity contribution in [3.05, 3.63) is 46.0 Å². The fraction of sp³-hybridized carbons (Fsp3) is 0.740. The number of allylic oxidation sites excluding steroid dienone is 2. The predicted molar refractivity (Wildman–Crippen MR) is 232 cm³/mol. The third-order valence-electron chi connectivity index (χ3n) is 17.8. The number of fused-ring (bicyclic) bond motifs is 7. The molecular weight excluding hydrogens is 776 g/mol. The van der Waals surface area contributed by atoms with Crippen LogP contribution in [0.15, 0.2) is 35.4 Å². The summed E-state index contributed by atoms with van der Waals surface area (Å²) in [6, 6.07) is 7.46. The molecule has 0 aromatic heterocycles. The molecular formula is C50H71ClN2O7. The fourth-order valence-electron chi connectivity index (χ4n) is 13.9. The van der Waals surface area contributed by atoms with Gasteiger partial charge in [0.05, 0.1) is 22.8 Å². The molecule has 8 atom stereocenters. The van der Waals surface area contributed by atoms with E-state index >= 15 is 0 Å². The van der Waals surface area contributed by atoms with Crippen LogP contribution in [0.25, 0.3) is 0 Å². The number of carbonyl (C=O) groups excluding carboxylic acids is 5. The van der Waals surface area contributed by atoms with Crippen LogP contribution in [0.1, 0.15) is 166 Å². The van der Waals surface area contributed by atoms with Crippen LogP contribution < -0.4 is 11.1 Å². The van der Waals surface area contributed by atoms with Gasteiger partial charge in [-0.15, -0.1) is 0 Å². The number of Topliss-reactive ketones (excluding diaryl/α,β-unsaturated/α-hetero) is 2. The van der Waals surface area contributed by atoms with Crippen molar-refractivity contribution in [2.24, 2.45) is 56.0 Å². The van der Waals surface area contributed by atoms with E-state index in [1.54, 1.807) is 13.8 Å². The van der Waals surface area contributed by atoms with E-state index in [4.69, 9.17) is 26.8 Å². The maximum Gasteiger partial charge on any atom is 0.312 e. The molecule has 1 amide bonds. The van der Waals surface area contributed by atoms with Crippen LogP contribution in [0, 0.1) is 50.2 Å². The normalized spacial score (nSPS) is 36.6. The molecule has 0 spiro atoms. The average molecular weight is 848 g/mol. The summed E-state index contributed by atoms with van der Waals surface area (Å²) in [5.41, 5.74) is 5.10. The van der Waals surface area contributed by atoms with E-state index in [9.17, 15) is 24.0 Å². The Morgan fingerprint density at radius 2 is 1.45 bits per heavy atom. The second-order valence-electron chi connectivity index (χ2n) is 23.2. The fourth-order valence-corrected chi connectivity index (χ4v) is 14.1. The van der Waals surface area contributed by atoms with Crippen LogP contribution in [0.4, 0.5) is 0 Å². The third kappa shape index (κ3) is 6.58. The first-order valence-electron chi connectivity index (χ1n) is 22.7. The monoisotopic (exact) mass is 846 g/mol. The summed E-state index contributed by atoms with van der Waals surface area (Å²) in [5, 5.41) is 3.77. The number of halogens is 1. The number of nitrogens with one attached hydrogen (secondary N) is 1. The first kappa shape index (κ1) is 45.0. The summed E-state index contributed by atoms with van der Waals surface area (Å²) in [4.78, 5) is 69.9. The van der Waals surface area contributed by atoms with Gasteiger partial charge in [0.25, 0.3) is 5.91 Å². The topological polar surface area (TPSA) is 142 Å². The molecule has 0 unspecified atom stereocenters. The van der Waals surface area contributed by atoms with Crippen molar-refractivity contribution in [3.8, 4) is 0 Å². The summed E-state index contributed by atoms with van der Waals surface area (Å²) in [7, 11) is 0. The minimum atomic E-state index is -1.14. The quantitative estimate of drug-likeness (QED) is 0.185. The number of ether oxygens (including phenoxy) is 2. The number of hydrogen-bond donors (Lipinski definition) is 2. The van der Waals surface area contributed by atoms with E-state index in [0.29, 0.717) is 17.9 Å². The van der Waals surface area contributed by atoms with Crippen molar-refractivity contribution in [1.82, 2.24) is 5.32 Å². The van der Waals surface area contributed by atoms with E-state index in [-0.39, 0.29) is 52.6 Å². The number of carbonyl (C=O) groups is 5. The standard InChI is InChI=1S/C50H71ClN2O7/c1-29(2)37-33(54)27-48(39(56)40(57)53-49(24-25-49)30-13-15-31(51)16-14-30)23-21-45(10)32(38(37)48)17-18-34-46(45,11)22-26-50(52)44(8,9)35(19-20-47(34,50)12)59-36(55)28-43(6,7)41(58)60-42(3,4)5/h13-16,29,32,34-35H,17-28,52H2,1-12H3,(H,53,57)/t32-,34+,35+,45-,46-,47-,48-,50-/m1/s1. The zero-order valence-electron chi connectivity index (χ0n) is 38.4. The van der Waals surface area contributed by atoms with Gasteiger partial charge >= 0.3 is 11.9 Å². The number of ketones is 2. The van der Waals surface area contributed by atoms with Crippen molar-refractivity contribution in [2.75, 3.05) is 0 Å². The Balaban J connectivity index is 1.15. The smallest absolute Gasteiger partial charge is 0.312 e. The molecule has 3 N–H and O–H groups in total. The number of hydrogen-bond acceptors (Lipinski definition) is 8. The van der Waals surface area contributed by atoms with Crippen LogP contribution in [0.5, 0.6) is 0 Å². The van der Waals surface area contributed by atoms with Gasteiger partial charge in [0, 0.05) is 22.4 Å². The lowest BCUT2D eigenvalue weighted by Crippen LogP contribution is -2.77. The van der Waals surface area contributed by atoms with Crippen molar-refractivity contribution in [2.45, 2.75) is 183 Å². The highest BCUT2D eigenvalue weighted by molar-refractivity contribution is 6.40. The molecule has 60 heavy (non-hydrogen) atoms. The highest BCUT2D eigenvalue weighted by Gasteiger charge is 2.74. The molecule has 0 radical (unpaired) electrons. The molecule has 0 heterocycles. The zero-order valence-corrected chi connectivity index (χ0v) is 39.2. The molecule has 1 aromatic carbocycles. The molecule has 7 rings (SSSR count). The molecule has 0 aliphatic heterocycles. The van der Waals surface area contributed by atoms with Gasteiger partial charge in [0.1, 0.15) is 11.7 Å². The largest absolute Gasteiger partial charge is 0.462 e. The van der Waals surface area contributed by atoms with Crippen molar-refractivity contribution >= 4 is 41.0 Å². The summed E-state index contributed by atoms with van der Waals surface area (Å²) in [6.07, 6.45) is 6.99. The summed E-state index contributed by atoms with van der Waals surface area (Å²) in [5.74, 6) is -1.74. The summed E-state index contributed by atoms with van der Waals surface area (Å²) < 4.78 is 11.9. The molecule has 0 saturated heterocycles. The molecule has 6 aliphatic rings. The molecule has 9 nitrogen and oxygen atoms in total. The lowest BCUT2D eigenvalue weighted by Gasteiger charge is -2.74. The number of esters is 2. The zero-order chi connectivity index (χ0) is 44.4. The molecule has 5 saturated carbocycles. The molecule has 330 valence electrons. The molecule has 5 fully saturated rings. The Bertz CT molecular complexity index is 2020. The van der Waals surface area contributed by atoms with Gasteiger partial charge in [-0.05, 0) is 162 Å². The van der Waals surface area contributed by atoms with Gasteiger partial charge in [-0.2, -0.15) is 0 Å². The summed E-state index contributed by atoms with van der Waals surface area (Å²) in [6.45, 7) is 24.5. The Hall–Kier alpha value is -3.04. The maximum atomic E-state index is 14.9. The molecule has 0 bridgehead atoms.